The monoisotopic (exact) mass is 308 g/mol. The van der Waals surface area contributed by atoms with E-state index < -0.39 is 37.0 Å². The highest BCUT2D eigenvalue weighted by Gasteiger charge is 2.49. The van der Waals surface area contributed by atoms with Gasteiger partial charge in [0.1, 0.15) is 24.4 Å². The van der Waals surface area contributed by atoms with Crippen LogP contribution < -0.4 is 0 Å². The molecule has 120 valence electrons. The normalized spacial score (nSPS) is 38.3. The average molecular weight is 308 g/mol. The molecule has 0 spiro atoms. The first-order valence-electron chi connectivity index (χ1n) is 7.27. The van der Waals surface area contributed by atoms with Crippen LogP contribution in [0, 0.1) is 0 Å². The molecule has 2 fully saturated rings. The molecule has 2 N–H and O–H groups in total. The summed E-state index contributed by atoms with van der Waals surface area (Å²) >= 11 is 0. The van der Waals surface area contributed by atoms with Gasteiger partial charge in [-0.15, -0.1) is 6.58 Å². The summed E-state index contributed by atoms with van der Waals surface area (Å²) in [6.07, 6.45) is -3.41. The van der Waals surface area contributed by atoms with Crippen LogP contribution in [0.25, 0.3) is 0 Å². The topological polar surface area (TPSA) is 77.4 Å². The molecule has 2 aliphatic rings. The van der Waals surface area contributed by atoms with Crippen LogP contribution in [-0.2, 0) is 18.9 Å². The van der Waals surface area contributed by atoms with Crippen LogP contribution in [0.4, 0.5) is 0 Å². The molecule has 6 atom stereocenters. The van der Waals surface area contributed by atoms with Gasteiger partial charge in [-0.1, -0.05) is 36.4 Å². The predicted molar refractivity (Wildman–Crippen MR) is 76.8 cm³/mol. The number of aliphatic hydroxyl groups excluding tert-OH is 2. The molecule has 0 aliphatic carbocycles. The minimum absolute atomic E-state index is 0.222. The van der Waals surface area contributed by atoms with E-state index in [1.807, 2.05) is 30.3 Å². The maximum absolute atomic E-state index is 10.3. The van der Waals surface area contributed by atoms with Crippen molar-refractivity contribution in [2.45, 2.75) is 37.0 Å². The van der Waals surface area contributed by atoms with Crippen LogP contribution in [0.5, 0.6) is 0 Å². The summed E-state index contributed by atoms with van der Waals surface area (Å²) < 4.78 is 22.4. The summed E-state index contributed by atoms with van der Waals surface area (Å²) in [7, 11) is 0. The van der Waals surface area contributed by atoms with Gasteiger partial charge in [0.15, 0.2) is 12.6 Å². The summed E-state index contributed by atoms with van der Waals surface area (Å²) in [5.41, 5.74) is 0.854. The van der Waals surface area contributed by atoms with Crippen molar-refractivity contribution in [3.63, 3.8) is 0 Å². The number of ether oxygens (including phenoxy) is 4. The summed E-state index contributed by atoms with van der Waals surface area (Å²) in [6.45, 7) is 4.01. The van der Waals surface area contributed by atoms with E-state index in [-0.39, 0.29) is 13.2 Å². The van der Waals surface area contributed by atoms with E-state index in [4.69, 9.17) is 18.9 Å². The van der Waals surface area contributed by atoms with Crippen LogP contribution >= 0.6 is 0 Å². The fraction of sp³-hybridized carbons (Fsp3) is 0.500. The Labute approximate surface area is 128 Å². The third-order valence-electron chi connectivity index (χ3n) is 3.78. The van der Waals surface area contributed by atoms with Crippen LogP contribution in [0.3, 0.4) is 0 Å². The van der Waals surface area contributed by atoms with Gasteiger partial charge in [-0.25, -0.2) is 0 Å². The van der Waals surface area contributed by atoms with Gasteiger partial charge in [0.25, 0.3) is 0 Å². The minimum atomic E-state index is -1.18. The Balaban J connectivity index is 1.69. The Morgan fingerprint density at radius 2 is 1.95 bits per heavy atom. The van der Waals surface area contributed by atoms with Crippen LogP contribution in [0.1, 0.15) is 11.9 Å². The van der Waals surface area contributed by atoms with E-state index in [0.717, 1.165) is 5.56 Å². The van der Waals surface area contributed by atoms with Crippen molar-refractivity contribution in [3.05, 3.63) is 48.6 Å². The van der Waals surface area contributed by atoms with E-state index in [1.165, 1.54) is 0 Å². The van der Waals surface area contributed by atoms with Crippen molar-refractivity contribution < 1.29 is 29.2 Å². The lowest BCUT2D eigenvalue weighted by Crippen LogP contribution is -2.62. The first kappa shape index (κ1) is 15.6. The first-order chi connectivity index (χ1) is 10.7. The molecule has 0 amide bonds. The third-order valence-corrected chi connectivity index (χ3v) is 3.78. The molecular weight excluding hydrogens is 288 g/mol. The lowest BCUT2D eigenvalue weighted by atomic mass is 9.98. The van der Waals surface area contributed by atoms with Gasteiger partial charge in [-0.3, -0.25) is 0 Å². The maximum atomic E-state index is 10.3. The zero-order valence-electron chi connectivity index (χ0n) is 12.1. The van der Waals surface area contributed by atoms with E-state index in [1.54, 1.807) is 6.08 Å². The van der Waals surface area contributed by atoms with Crippen LogP contribution in [0.15, 0.2) is 43.0 Å². The maximum Gasteiger partial charge on any atom is 0.187 e. The van der Waals surface area contributed by atoms with E-state index >= 15 is 0 Å². The molecule has 2 aliphatic heterocycles. The summed E-state index contributed by atoms with van der Waals surface area (Å²) in [6, 6.07) is 9.44. The molecule has 1 aromatic rings. The molecule has 0 radical (unpaired) electrons. The number of hydrogen-bond acceptors (Lipinski definition) is 6. The molecular formula is C16H20O6. The van der Waals surface area contributed by atoms with E-state index in [0.29, 0.717) is 0 Å². The van der Waals surface area contributed by atoms with Crippen molar-refractivity contribution >= 4 is 0 Å². The second kappa shape index (κ2) is 6.87. The Hall–Kier alpha value is -1.28. The molecule has 3 rings (SSSR count). The van der Waals surface area contributed by atoms with Gasteiger partial charge in [-0.05, 0) is 0 Å². The average Bonchev–Trinajstić information content (AvgIpc) is 2.57. The van der Waals surface area contributed by atoms with Gasteiger partial charge < -0.3 is 29.2 Å². The molecule has 6 heteroatoms. The fourth-order valence-corrected chi connectivity index (χ4v) is 2.66. The zero-order valence-corrected chi connectivity index (χ0v) is 12.1. The van der Waals surface area contributed by atoms with Gasteiger partial charge in [0.05, 0.1) is 13.2 Å². The molecule has 0 saturated carbocycles. The van der Waals surface area contributed by atoms with Crippen molar-refractivity contribution in [1.82, 2.24) is 0 Å². The lowest BCUT2D eigenvalue weighted by molar-refractivity contribution is -0.360. The molecule has 6 nitrogen and oxygen atoms in total. The van der Waals surface area contributed by atoms with Crippen LogP contribution in [-0.4, -0.2) is 54.1 Å². The number of benzene rings is 1. The Morgan fingerprint density at radius 1 is 1.18 bits per heavy atom. The highest BCUT2D eigenvalue weighted by Crippen LogP contribution is 2.34. The largest absolute Gasteiger partial charge is 0.387 e. The summed E-state index contributed by atoms with van der Waals surface area (Å²) in [5.74, 6) is 0. The number of rotatable bonds is 4. The fourth-order valence-electron chi connectivity index (χ4n) is 2.66. The molecule has 2 saturated heterocycles. The molecule has 1 unspecified atom stereocenters. The second-order valence-electron chi connectivity index (χ2n) is 5.32. The summed E-state index contributed by atoms with van der Waals surface area (Å²) in [4.78, 5) is 0. The first-order valence-corrected chi connectivity index (χ1v) is 7.27. The predicted octanol–water partition coefficient (Wildman–Crippen LogP) is 0.750. The molecule has 0 aromatic heterocycles. The molecule has 22 heavy (non-hydrogen) atoms. The Kier molecular flexibility index (Phi) is 4.87. The molecule has 0 bridgehead atoms. The van der Waals surface area contributed by atoms with Crippen molar-refractivity contribution in [2.75, 3.05) is 13.2 Å². The SMILES string of the molecule is C=CCO[C@@H]1O[C@@H]2COC(c3ccccc3)O[C@@H]2[C@H](O)[C@H]1O. The third kappa shape index (κ3) is 3.08. The van der Waals surface area contributed by atoms with E-state index in [9.17, 15) is 10.2 Å². The van der Waals surface area contributed by atoms with Crippen molar-refractivity contribution in [2.24, 2.45) is 0 Å². The van der Waals surface area contributed by atoms with Crippen molar-refractivity contribution in [1.29, 1.82) is 0 Å². The van der Waals surface area contributed by atoms with E-state index in [2.05, 4.69) is 6.58 Å². The van der Waals surface area contributed by atoms with Gasteiger partial charge in [-0.2, -0.15) is 0 Å². The molecule has 1 aromatic carbocycles. The highest BCUT2D eigenvalue weighted by molar-refractivity contribution is 5.16. The van der Waals surface area contributed by atoms with Gasteiger partial charge >= 0.3 is 0 Å². The number of hydrogen-bond donors (Lipinski definition) is 2. The van der Waals surface area contributed by atoms with Gasteiger partial charge in [0.2, 0.25) is 0 Å². The van der Waals surface area contributed by atoms with Crippen molar-refractivity contribution in [3.8, 4) is 0 Å². The van der Waals surface area contributed by atoms with Crippen LogP contribution in [0.2, 0.25) is 0 Å². The quantitative estimate of drug-likeness (QED) is 0.799. The smallest absolute Gasteiger partial charge is 0.187 e. The summed E-state index contributed by atoms with van der Waals surface area (Å²) in [5, 5.41) is 20.4. The standard InChI is InChI=1S/C16H20O6/c1-2-8-19-16-13(18)12(17)14-11(21-16)9-20-15(22-14)10-6-4-3-5-7-10/h2-7,11-18H,1,8-9H2/t11-,12-,13-,14+,15?,16-/m1/s1. The number of aliphatic hydroxyl groups is 2. The lowest BCUT2D eigenvalue weighted by Gasteiger charge is -2.46. The minimum Gasteiger partial charge on any atom is -0.387 e. The zero-order chi connectivity index (χ0) is 15.5. The molecule has 2 heterocycles. The Bertz CT molecular complexity index is 491. The Morgan fingerprint density at radius 3 is 2.68 bits per heavy atom. The second-order valence-corrected chi connectivity index (χ2v) is 5.32. The van der Waals surface area contributed by atoms with Gasteiger partial charge in [0, 0.05) is 5.56 Å². The highest BCUT2D eigenvalue weighted by atomic mass is 16.8. The number of fused-ring (bicyclic) bond motifs is 1.